The van der Waals surface area contributed by atoms with Crippen molar-refractivity contribution in [3.05, 3.63) is 69.1 Å². The lowest BCUT2D eigenvalue weighted by Gasteiger charge is -2.12. The van der Waals surface area contributed by atoms with Gasteiger partial charge in [0.25, 0.3) is 5.56 Å². The predicted molar refractivity (Wildman–Crippen MR) is 106 cm³/mol. The molecule has 2 saturated carbocycles. The second-order valence-electron chi connectivity index (χ2n) is 7.02. The van der Waals surface area contributed by atoms with E-state index in [0.29, 0.717) is 5.92 Å². The molecule has 130 valence electrons. The summed E-state index contributed by atoms with van der Waals surface area (Å²) in [6.07, 6.45) is 10.1. The summed E-state index contributed by atoms with van der Waals surface area (Å²) in [4.78, 5) is 16.3. The van der Waals surface area contributed by atoms with Crippen LogP contribution < -0.4 is 5.56 Å². The van der Waals surface area contributed by atoms with Gasteiger partial charge in [0.1, 0.15) is 5.02 Å². The summed E-state index contributed by atoms with van der Waals surface area (Å²) in [6.45, 7) is 0. The Morgan fingerprint density at radius 3 is 2.40 bits per heavy atom. The van der Waals surface area contributed by atoms with Gasteiger partial charge in [0.05, 0.1) is 0 Å². The van der Waals surface area contributed by atoms with E-state index in [0.717, 1.165) is 22.1 Å². The van der Waals surface area contributed by atoms with Gasteiger partial charge in [0.2, 0.25) is 0 Å². The third-order valence-electron chi connectivity index (χ3n) is 4.95. The van der Waals surface area contributed by atoms with E-state index >= 15 is 0 Å². The Balaban J connectivity index is 1.68. The molecule has 1 aromatic heterocycles. The van der Waals surface area contributed by atoms with Crippen molar-refractivity contribution in [2.45, 2.75) is 48.7 Å². The number of aromatic amines is 1. The van der Waals surface area contributed by atoms with Gasteiger partial charge in [-0.1, -0.05) is 42.7 Å². The number of thioether (sulfide) groups is 1. The zero-order chi connectivity index (χ0) is 17.2. The number of nitrogens with one attached hydrogen (secondary N) is 1. The fourth-order valence-corrected chi connectivity index (χ4v) is 4.57. The molecule has 0 aliphatic heterocycles. The maximum Gasteiger partial charge on any atom is 0.267 e. The Kier molecular flexibility index (Phi) is 5.05. The van der Waals surface area contributed by atoms with Gasteiger partial charge in [0.15, 0.2) is 0 Å². The molecular weight excluding hydrogens is 350 g/mol. The van der Waals surface area contributed by atoms with Crippen LogP contribution in [0.5, 0.6) is 0 Å². The number of hydrogen-bond donors (Lipinski definition) is 1. The molecule has 1 aromatic carbocycles. The minimum absolute atomic E-state index is 0.225. The molecule has 0 saturated heterocycles. The number of benzene rings is 1. The molecule has 0 radical (unpaired) electrons. The highest BCUT2D eigenvalue weighted by molar-refractivity contribution is 8.00. The second-order valence-corrected chi connectivity index (χ2v) is 8.80. The highest BCUT2D eigenvalue weighted by Crippen LogP contribution is 2.39. The fraction of sp³-hybridized carbons (Fsp3) is 0.381. The van der Waals surface area contributed by atoms with Gasteiger partial charge in [-0.25, -0.2) is 0 Å². The maximum atomic E-state index is 12.0. The first-order valence-electron chi connectivity index (χ1n) is 9.07. The smallest absolute Gasteiger partial charge is 0.267 e. The lowest BCUT2D eigenvalue weighted by Crippen LogP contribution is -2.09. The van der Waals surface area contributed by atoms with E-state index < -0.39 is 0 Å². The average Bonchev–Trinajstić information content (AvgIpc) is 3.28. The normalized spacial score (nSPS) is 18.7. The molecule has 4 heteroatoms. The Hall–Kier alpha value is -1.45. The molecule has 0 atom stereocenters. The molecule has 0 bridgehead atoms. The van der Waals surface area contributed by atoms with Crippen molar-refractivity contribution in [1.29, 1.82) is 0 Å². The second kappa shape index (κ2) is 7.43. The molecule has 1 N–H and O–H groups in total. The zero-order valence-electron chi connectivity index (χ0n) is 14.1. The minimum atomic E-state index is -0.225. The molecule has 2 aliphatic carbocycles. The van der Waals surface area contributed by atoms with Gasteiger partial charge >= 0.3 is 0 Å². The SMILES string of the molecule is O=c1[nH]c(/C(=C\C2CCCC2)c2ccc(SC3CC3)cc2)ccc1Cl. The van der Waals surface area contributed by atoms with E-state index in [1.54, 1.807) is 6.07 Å². The first kappa shape index (κ1) is 17.0. The molecule has 0 amide bonds. The van der Waals surface area contributed by atoms with E-state index in [4.69, 9.17) is 11.6 Å². The van der Waals surface area contributed by atoms with Crippen molar-refractivity contribution in [3.8, 4) is 0 Å². The fourth-order valence-electron chi connectivity index (χ4n) is 3.41. The topological polar surface area (TPSA) is 32.9 Å². The van der Waals surface area contributed by atoms with Gasteiger partial charge in [-0.3, -0.25) is 4.79 Å². The average molecular weight is 372 g/mol. The van der Waals surface area contributed by atoms with E-state index in [1.165, 1.54) is 43.4 Å². The molecule has 25 heavy (non-hydrogen) atoms. The summed E-state index contributed by atoms with van der Waals surface area (Å²) >= 11 is 7.88. The number of rotatable bonds is 5. The van der Waals surface area contributed by atoms with E-state index in [9.17, 15) is 4.79 Å². The lowest BCUT2D eigenvalue weighted by atomic mass is 9.96. The standard InChI is InChI=1S/C21H22ClNOS/c22-19-11-12-20(23-21(19)24)18(13-14-3-1-2-4-14)15-5-7-16(8-6-15)25-17-9-10-17/h5-8,11-14,17H,1-4,9-10H2,(H,23,24)/b18-13-. The van der Waals surface area contributed by atoms with Gasteiger partial charge in [0, 0.05) is 21.4 Å². The summed E-state index contributed by atoms with van der Waals surface area (Å²) in [5, 5.41) is 1.05. The van der Waals surface area contributed by atoms with Crippen LogP contribution >= 0.6 is 23.4 Å². The first-order valence-corrected chi connectivity index (χ1v) is 10.3. The Labute approximate surface area is 157 Å². The van der Waals surface area contributed by atoms with Crippen molar-refractivity contribution >= 4 is 28.9 Å². The molecular formula is C21H22ClNOS. The summed E-state index contributed by atoms with van der Waals surface area (Å²) in [6, 6.07) is 12.4. The molecule has 2 nitrogen and oxygen atoms in total. The molecule has 0 spiro atoms. The van der Waals surface area contributed by atoms with Gasteiger partial charge in [-0.15, -0.1) is 11.8 Å². The number of hydrogen-bond acceptors (Lipinski definition) is 2. The predicted octanol–water partition coefficient (Wildman–Crippen LogP) is 5.90. The molecule has 2 aliphatic rings. The number of aromatic nitrogens is 1. The van der Waals surface area contributed by atoms with Crippen LogP contribution in [0.25, 0.3) is 5.57 Å². The summed E-state index contributed by atoms with van der Waals surface area (Å²) in [5.74, 6) is 0.592. The van der Waals surface area contributed by atoms with Crippen LogP contribution in [0, 0.1) is 5.92 Å². The van der Waals surface area contributed by atoms with E-state index in [1.807, 2.05) is 17.8 Å². The molecule has 2 aromatic rings. The molecule has 2 fully saturated rings. The van der Waals surface area contributed by atoms with Crippen LogP contribution in [-0.4, -0.2) is 10.2 Å². The zero-order valence-corrected chi connectivity index (χ0v) is 15.7. The first-order chi connectivity index (χ1) is 12.2. The van der Waals surface area contributed by atoms with Crippen molar-refractivity contribution in [1.82, 2.24) is 4.98 Å². The highest BCUT2D eigenvalue weighted by Gasteiger charge is 2.22. The Morgan fingerprint density at radius 1 is 1.04 bits per heavy atom. The van der Waals surface area contributed by atoms with Crippen LogP contribution in [-0.2, 0) is 0 Å². The Bertz CT molecular complexity index is 830. The quantitative estimate of drug-likeness (QED) is 0.709. The number of pyridine rings is 1. The third kappa shape index (κ3) is 4.21. The lowest BCUT2D eigenvalue weighted by molar-refractivity contribution is 0.687. The van der Waals surface area contributed by atoms with Crippen LogP contribution in [0.2, 0.25) is 5.02 Å². The molecule has 1 heterocycles. The maximum absolute atomic E-state index is 12.0. The van der Waals surface area contributed by atoms with E-state index in [2.05, 4.69) is 35.3 Å². The molecule has 4 rings (SSSR count). The van der Waals surface area contributed by atoms with Crippen LogP contribution in [0.3, 0.4) is 0 Å². The van der Waals surface area contributed by atoms with Crippen LogP contribution in [0.4, 0.5) is 0 Å². The third-order valence-corrected chi connectivity index (χ3v) is 6.59. The van der Waals surface area contributed by atoms with E-state index in [-0.39, 0.29) is 10.6 Å². The highest BCUT2D eigenvalue weighted by atomic mass is 35.5. The number of allylic oxidation sites excluding steroid dienone is 1. The monoisotopic (exact) mass is 371 g/mol. The summed E-state index contributed by atoms with van der Waals surface area (Å²) < 4.78 is 0. The minimum Gasteiger partial charge on any atom is -0.321 e. The van der Waals surface area contributed by atoms with Gasteiger partial charge in [-0.2, -0.15) is 0 Å². The van der Waals surface area contributed by atoms with Crippen molar-refractivity contribution in [2.75, 3.05) is 0 Å². The number of halogens is 1. The van der Waals surface area contributed by atoms with Crippen LogP contribution in [0.1, 0.15) is 49.8 Å². The van der Waals surface area contributed by atoms with Gasteiger partial charge < -0.3 is 4.98 Å². The van der Waals surface area contributed by atoms with Crippen molar-refractivity contribution in [2.24, 2.45) is 5.92 Å². The summed E-state index contributed by atoms with van der Waals surface area (Å²) in [5.41, 5.74) is 2.90. The van der Waals surface area contributed by atoms with Crippen LogP contribution in [0.15, 0.2) is 52.2 Å². The van der Waals surface area contributed by atoms with Crippen molar-refractivity contribution in [3.63, 3.8) is 0 Å². The number of H-pyrrole nitrogens is 1. The van der Waals surface area contributed by atoms with Gasteiger partial charge in [-0.05, 0) is 61.4 Å². The molecule has 0 unspecified atom stereocenters. The largest absolute Gasteiger partial charge is 0.321 e. The Morgan fingerprint density at radius 2 is 1.76 bits per heavy atom. The van der Waals surface area contributed by atoms with Crippen molar-refractivity contribution < 1.29 is 0 Å². The summed E-state index contributed by atoms with van der Waals surface area (Å²) in [7, 11) is 0.